The fraction of sp³-hybridized carbons (Fsp3) is 0.400. The average molecular weight is 395 g/mol. The zero-order valence-corrected chi connectivity index (χ0v) is 16.2. The van der Waals surface area contributed by atoms with E-state index >= 15 is 0 Å². The Hall–Kier alpha value is -2.90. The summed E-state index contributed by atoms with van der Waals surface area (Å²) in [5.74, 6) is -1.93. The molecule has 1 aromatic rings. The van der Waals surface area contributed by atoms with Crippen molar-refractivity contribution in [2.24, 2.45) is 0 Å². The molecule has 0 aliphatic carbocycles. The summed E-state index contributed by atoms with van der Waals surface area (Å²) in [4.78, 5) is 25.2. The van der Waals surface area contributed by atoms with Gasteiger partial charge in [-0.1, -0.05) is 12.1 Å². The van der Waals surface area contributed by atoms with Crippen LogP contribution in [0, 0.1) is 0 Å². The van der Waals surface area contributed by atoms with Gasteiger partial charge in [0.2, 0.25) is 0 Å². The van der Waals surface area contributed by atoms with Gasteiger partial charge in [0.05, 0.1) is 30.3 Å². The molecule has 8 heteroatoms. The van der Waals surface area contributed by atoms with E-state index in [1.807, 2.05) is 0 Å². The van der Waals surface area contributed by atoms with Gasteiger partial charge in [-0.15, -0.1) is 0 Å². The quantitative estimate of drug-likeness (QED) is 0.711. The van der Waals surface area contributed by atoms with Crippen LogP contribution in [0.2, 0.25) is 0 Å². The molecule has 0 atom stereocenters. The van der Waals surface area contributed by atoms with Gasteiger partial charge in [0, 0.05) is 11.4 Å². The molecule has 1 aliphatic rings. The molecule has 1 aromatic carbocycles. The highest BCUT2D eigenvalue weighted by Crippen LogP contribution is 2.39. The molecule has 0 saturated carbocycles. The van der Waals surface area contributed by atoms with Crippen LogP contribution < -0.4 is 10.1 Å². The maximum Gasteiger partial charge on any atom is 0.387 e. The topological polar surface area (TPSA) is 73.9 Å². The van der Waals surface area contributed by atoms with Crippen LogP contribution in [0.5, 0.6) is 5.75 Å². The molecule has 1 N–H and O–H groups in total. The van der Waals surface area contributed by atoms with Gasteiger partial charge in [-0.25, -0.2) is 9.59 Å². The second kappa shape index (κ2) is 9.34. The predicted molar refractivity (Wildman–Crippen MR) is 97.6 cm³/mol. The lowest BCUT2D eigenvalue weighted by molar-refractivity contribution is -0.139. The first-order chi connectivity index (χ1) is 13.3. The summed E-state index contributed by atoms with van der Waals surface area (Å²) in [6.45, 7) is 4.17. The maximum atomic E-state index is 12.6. The normalized spacial score (nSPS) is 14.8. The number of esters is 2. The number of benzene rings is 1. The molecule has 28 heavy (non-hydrogen) atoms. The number of allylic oxidation sites excluding steroid dienone is 2. The highest BCUT2D eigenvalue weighted by Gasteiger charge is 2.37. The van der Waals surface area contributed by atoms with Crippen LogP contribution in [-0.2, 0) is 19.1 Å². The van der Waals surface area contributed by atoms with Gasteiger partial charge in [0.25, 0.3) is 0 Å². The van der Waals surface area contributed by atoms with E-state index in [0.717, 1.165) is 0 Å². The number of carbonyl (C=O) groups is 2. The van der Waals surface area contributed by atoms with Gasteiger partial charge in [0.15, 0.2) is 0 Å². The van der Waals surface area contributed by atoms with Crippen LogP contribution in [-0.4, -0.2) is 31.8 Å². The summed E-state index contributed by atoms with van der Waals surface area (Å²) in [6, 6.07) is 5.79. The summed E-state index contributed by atoms with van der Waals surface area (Å²) in [5.41, 5.74) is 2.16. The molecule has 1 aliphatic heterocycles. The lowest BCUT2D eigenvalue weighted by Crippen LogP contribution is -2.32. The van der Waals surface area contributed by atoms with Gasteiger partial charge in [-0.05, 0) is 45.4 Å². The first kappa shape index (κ1) is 21.4. The molecule has 0 spiro atoms. The minimum atomic E-state index is -2.95. The lowest BCUT2D eigenvalue weighted by Gasteiger charge is -2.30. The van der Waals surface area contributed by atoms with Gasteiger partial charge in [-0.2, -0.15) is 8.78 Å². The summed E-state index contributed by atoms with van der Waals surface area (Å²) in [5, 5.41) is 3.03. The minimum Gasteiger partial charge on any atom is -0.463 e. The molecule has 0 amide bonds. The Balaban J connectivity index is 2.55. The van der Waals surface area contributed by atoms with Crippen molar-refractivity contribution < 1.29 is 32.6 Å². The second-order valence-corrected chi connectivity index (χ2v) is 6.02. The standard InChI is InChI=1S/C20H23F2NO5/c1-5-26-18(24)15-11(3)23-12(4)16(19(25)27-6-2)17(15)13-7-9-14(10-8-13)28-20(21)22/h7-10,17,20,23H,5-6H2,1-4H3. The minimum absolute atomic E-state index is 0.0237. The van der Waals surface area contributed by atoms with Crippen LogP contribution in [0.4, 0.5) is 8.78 Å². The number of alkyl halides is 2. The largest absolute Gasteiger partial charge is 0.463 e. The summed E-state index contributed by atoms with van der Waals surface area (Å²) in [6.07, 6.45) is 0. The molecular weight excluding hydrogens is 372 g/mol. The first-order valence-electron chi connectivity index (χ1n) is 8.87. The molecule has 152 valence electrons. The Morgan fingerprint density at radius 1 is 0.964 bits per heavy atom. The molecule has 0 aromatic heterocycles. The molecule has 0 saturated heterocycles. The SMILES string of the molecule is CCOC(=O)C1=C(C)NC(C)=C(C(=O)OCC)C1c1ccc(OC(F)F)cc1. The molecular formula is C20H23F2NO5. The second-order valence-electron chi connectivity index (χ2n) is 6.02. The highest BCUT2D eigenvalue weighted by molar-refractivity contribution is 5.99. The Bertz CT molecular complexity index is 759. The van der Waals surface area contributed by atoms with Crippen LogP contribution >= 0.6 is 0 Å². The number of hydrogen-bond donors (Lipinski definition) is 1. The van der Waals surface area contributed by atoms with E-state index in [0.29, 0.717) is 17.0 Å². The number of hydrogen-bond acceptors (Lipinski definition) is 6. The third kappa shape index (κ3) is 4.68. The number of ether oxygens (including phenoxy) is 3. The van der Waals surface area contributed by atoms with Crippen molar-refractivity contribution in [3.8, 4) is 5.75 Å². The summed E-state index contributed by atoms with van der Waals surface area (Å²) >= 11 is 0. The van der Waals surface area contributed by atoms with Crippen LogP contribution in [0.1, 0.15) is 39.2 Å². The third-order valence-corrected chi connectivity index (χ3v) is 4.19. The van der Waals surface area contributed by atoms with Crippen LogP contribution in [0.15, 0.2) is 46.8 Å². The number of halogens is 2. The fourth-order valence-electron chi connectivity index (χ4n) is 3.13. The molecule has 0 bridgehead atoms. The zero-order chi connectivity index (χ0) is 20.8. The van der Waals surface area contributed by atoms with E-state index in [-0.39, 0.29) is 30.1 Å². The van der Waals surface area contributed by atoms with E-state index in [1.165, 1.54) is 24.3 Å². The summed E-state index contributed by atoms with van der Waals surface area (Å²) in [7, 11) is 0. The Labute approximate surface area is 162 Å². The van der Waals surface area contributed by atoms with Crippen molar-refractivity contribution in [2.75, 3.05) is 13.2 Å². The summed E-state index contributed by atoms with van der Waals surface area (Å²) < 4.78 is 39.5. The Kier molecular flexibility index (Phi) is 7.14. The zero-order valence-electron chi connectivity index (χ0n) is 16.2. The lowest BCUT2D eigenvalue weighted by atomic mass is 9.80. The number of rotatable bonds is 7. The number of nitrogens with one attached hydrogen (secondary N) is 1. The van der Waals surface area contributed by atoms with Crippen molar-refractivity contribution in [2.45, 2.75) is 40.2 Å². The molecule has 6 nitrogen and oxygen atoms in total. The molecule has 0 unspecified atom stereocenters. The van der Waals surface area contributed by atoms with E-state index in [9.17, 15) is 18.4 Å². The fourth-order valence-corrected chi connectivity index (χ4v) is 3.13. The monoisotopic (exact) mass is 395 g/mol. The predicted octanol–water partition coefficient (Wildman–Crippen LogP) is 3.65. The Morgan fingerprint density at radius 3 is 1.82 bits per heavy atom. The molecule has 0 radical (unpaired) electrons. The van der Waals surface area contributed by atoms with Crippen molar-refractivity contribution in [1.82, 2.24) is 5.32 Å². The molecule has 1 heterocycles. The maximum absolute atomic E-state index is 12.6. The van der Waals surface area contributed by atoms with E-state index < -0.39 is 24.5 Å². The smallest absolute Gasteiger partial charge is 0.387 e. The Morgan fingerprint density at radius 2 is 1.43 bits per heavy atom. The highest BCUT2D eigenvalue weighted by atomic mass is 19.3. The van der Waals surface area contributed by atoms with E-state index in [1.54, 1.807) is 27.7 Å². The van der Waals surface area contributed by atoms with Crippen molar-refractivity contribution in [3.05, 3.63) is 52.4 Å². The van der Waals surface area contributed by atoms with Gasteiger partial charge in [0.1, 0.15) is 5.75 Å². The van der Waals surface area contributed by atoms with Gasteiger partial charge in [-0.3, -0.25) is 0 Å². The molecule has 2 rings (SSSR count). The van der Waals surface area contributed by atoms with Crippen molar-refractivity contribution in [1.29, 1.82) is 0 Å². The number of dihydropyridines is 1. The van der Waals surface area contributed by atoms with Crippen molar-refractivity contribution >= 4 is 11.9 Å². The van der Waals surface area contributed by atoms with E-state index in [2.05, 4.69) is 10.1 Å². The number of carbonyl (C=O) groups excluding carboxylic acids is 2. The van der Waals surface area contributed by atoms with E-state index in [4.69, 9.17) is 9.47 Å². The third-order valence-electron chi connectivity index (χ3n) is 4.19. The van der Waals surface area contributed by atoms with Gasteiger partial charge < -0.3 is 19.5 Å². The van der Waals surface area contributed by atoms with Crippen molar-refractivity contribution in [3.63, 3.8) is 0 Å². The first-order valence-corrected chi connectivity index (χ1v) is 8.87. The van der Waals surface area contributed by atoms with Gasteiger partial charge >= 0.3 is 18.6 Å². The average Bonchev–Trinajstić information content (AvgIpc) is 2.61. The molecule has 0 fully saturated rings. The van der Waals surface area contributed by atoms with Crippen LogP contribution in [0.3, 0.4) is 0 Å². The van der Waals surface area contributed by atoms with Crippen LogP contribution in [0.25, 0.3) is 0 Å².